The minimum Gasteiger partial charge on any atom is -0.497 e. The average Bonchev–Trinajstić information content (AvgIpc) is 3.16. The first-order chi connectivity index (χ1) is 12.2. The van der Waals surface area contributed by atoms with E-state index in [2.05, 4.69) is 4.98 Å². The summed E-state index contributed by atoms with van der Waals surface area (Å²) in [5.41, 5.74) is 1.62. The van der Waals surface area contributed by atoms with Crippen molar-refractivity contribution in [3.8, 4) is 5.75 Å². The van der Waals surface area contributed by atoms with Gasteiger partial charge in [0, 0.05) is 22.7 Å². The quantitative estimate of drug-likeness (QED) is 0.581. The standard InChI is InChI=1S/C19H15ClN2O2S/c1-24-17-9-2-14(3-10-17)4-11-18(23)22(19-21-12-13-25-19)16-7-5-15(20)6-8-16/h2-13H,1H3. The molecule has 0 bridgehead atoms. The Kier molecular flexibility index (Phi) is 5.48. The normalized spacial score (nSPS) is 10.8. The van der Waals surface area contributed by atoms with Gasteiger partial charge in [0.1, 0.15) is 5.75 Å². The van der Waals surface area contributed by atoms with Crippen molar-refractivity contribution in [2.45, 2.75) is 0 Å². The number of amides is 1. The van der Waals surface area contributed by atoms with E-state index >= 15 is 0 Å². The fraction of sp³-hybridized carbons (Fsp3) is 0.0526. The van der Waals surface area contributed by atoms with Crippen LogP contribution in [0.5, 0.6) is 5.75 Å². The molecule has 0 spiro atoms. The van der Waals surface area contributed by atoms with Gasteiger partial charge in [0.15, 0.2) is 5.13 Å². The number of halogens is 1. The lowest BCUT2D eigenvalue weighted by Gasteiger charge is -2.18. The second-order valence-electron chi connectivity index (χ2n) is 5.07. The molecule has 0 unspecified atom stereocenters. The maximum atomic E-state index is 12.8. The summed E-state index contributed by atoms with van der Waals surface area (Å²) < 4.78 is 5.13. The second-order valence-corrected chi connectivity index (χ2v) is 6.38. The molecule has 1 aromatic heterocycles. The Morgan fingerprint density at radius 2 is 1.88 bits per heavy atom. The van der Waals surface area contributed by atoms with Gasteiger partial charge in [-0.25, -0.2) is 4.98 Å². The molecule has 0 saturated heterocycles. The molecule has 3 aromatic rings. The summed E-state index contributed by atoms with van der Waals surface area (Å²) in [6, 6.07) is 14.6. The smallest absolute Gasteiger partial charge is 0.257 e. The van der Waals surface area contributed by atoms with E-state index in [-0.39, 0.29) is 5.91 Å². The van der Waals surface area contributed by atoms with Crippen LogP contribution < -0.4 is 9.64 Å². The van der Waals surface area contributed by atoms with E-state index in [1.807, 2.05) is 29.6 Å². The molecule has 0 atom stereocenters. The Labute approximate surface area is 155 Å². The van der Waals surface area contributed by atoms with E-state index in [0.717, 1.165) is 11.3 Å². The van der Waals surface area contributed by atoms with Crippen molar-refractivity contribution in [1.29, 1.82) is 0 Å². The van der Waals surface area contributed by atoms with E-state index < -0.39 is 0 Å². The van der Waals surface area contributed by atoms with E-state index in [4.69, 9.17) is 16.3 Å². The summed E-state index contributed by atoms with van der Waals surface area (Å²) in [6.07, 6.45) is 4.96. The van der Waals surface area contributed by atoms with Gasteiger partial charge in [-0.15, -0.1) is 11.3 Å². The van der Waals surface area contributed by atoms with Crippen molar-refractivity contribution in [2.24, 2.45) is 0 Å². The molecule has 126 valence electrons. The highest BCUT2D eigenvalue weighted by atomic mass is 35.5. The number of anilines is 2. The van der Waals surface area contributed by atoms with Crippen molar-refractivity contribution >= 4 is 45.7 Å². The van der Waals surface area contributed by atoms with E-state index in [1.165, 1.54) is 17.4 Å². The van der Waals surface area contributed by atoms with Gasteiger partial charge in [0.25, 0.3) is 5.91 Å². The monoisotopic (exact) mass is 370 g/mol. The number of carbonyl (C=O) groups excluding carboxylic acids is 1. The first kappa shape index (κ1) is 17.2. The summed E-state index contributed by atoms with van der Waals surface area (Å²) in [6.45, 7) is 0. The molecule has 3 rings (SSSR count). The predicted octanol–water partition coefficient (Wildman–Crippen LogP) is 5.18. The first-order valence-corrected chi connectivity index (χ1v) is 8.74. The molecule has 6 heteroatoms. The van der Waals surface area contributed by atoms with Gasteiger partial charge in [0.2, 0.25) is 0 Å². The zero-order valence-corrected chi connectivity index (χ0v) is 15.0. The fourth-order valence-electron chi connectivity index (χ4n) is 2.21. The summed E-state index contributed by atoms with van der Waals surface area (Å²) >= 11 is 7.34. The van der Waals surface area contributed by atoms with Gasteiger partial charge < -0.3 is 4.74 Å². The van der Waals surface area contributed by atoms with Crippen LogP contribution in [-0.2, 0) is 4.79 Å². The third kappa shape index (κ3) is 4.26. The maximum Gasteiger partial charge on any atom is 0.257 e. The van der Waals surface area contributed by atoms with Gasteiger partial charge in [-0.1, -0.05) is 23.7 Å². The third-order valence-electron chi connectivity index (χ3n) is 3.45. The van der Waals surface area contributed by atoms with Crippen LogP contribution in [0.15, 0.2) is 66.2 Å². The molecule has 1 amide bonds. The van der Waals surface area contributed by atoms with Crippen LogP contribution in [0.3, 0.4) is 0 Å². The highest BCUT2D eigenvalue weighted by Crippen LogP contribution is 2.28. The number of methoxy groups -OCH3 is 1. The maximum absolute atomic E-state index is 12.8. The van der Waals surface area contributed by atoms with E-state index in [1.54, 1.807) is 48.5 Å². The van der Waals surface area contributed by atoms with Crippen molar-refractivity contribution in [3.05, 3.63) is 76.8 Å². The van der Waals surface area contributed by atoms with Crippen LogP contribution in [0.4, 0.5) is 10.8 Å². The fourth-order valence-corrected chi connectivity index (χ4v) is 3.00. The zero-order valence-electron chi connectivity index (χ0n) is 13.4. The molecular formula is C19H15ClN2O2S. The molecule has 25 heavy (non-hydrogen) atoms. The van der Waals surface area contributed by atoms with Crippen molar-refractivity contribution in [3.63, 3.8) is 0 Å². The molecule has 4 nitrogen and oxygen atoms in total. The Morgan fingerprint density at radius 1 is 1.16 bits per heavy atom. The summed E-state index contributed by atoms with van der Waals surface area (Å²) in [7, 11) is 1.62. The van der Waals surface area contributed by atoms with Gasteiger partial charge in [-0.2, -0.15) is 0 Å². The first-order valence-electron chi connectivity index (χ1n) is 7.48. The number of aromatic nitrogens is 1. The van der Waals surface area contributed by atoms with Crippen LogP contribution in [-0.4, -0.2) is 18.0 Å². The zero-order chi connectivity index (χ0) is 17.6. The Morgan fingerprint density at radius 3 is 2.48 bits per heavy atom. The number of carbonyl (C=O) groups is 1. The average molecular weight is 371 g/mol. The molecule has 0 N–H and O–H groups in total. The molecule has 1 heterocycles. The Balaban J connectivity index is 1.86. The Bertz CT molecular complexity index is 859. The third-order valence-corrected chi connectivity index (χ3v) is 4.46. The van der Waals surface area contributed by atoms with Crippen LogP contribution in [0.25, 0.3) is 6.08 Å². The van der Waals surface area contributed by atoms with Crippen LogP contribution in [0.2, 0.25) is 5.02 Å². The number of rotatable bonds is 5. The summed E-state index contributed by atoms with van der Waals surface area (Å²) in [4.78, 5) is 18.6. The van der Waals surface area contributed by atoms with Crippen molar-refractivity contribution < 1.29 is 9.53 Å². The SMILES string of the molecule is COc1ccc(C=CC(=O)N(c2ccc(Cl)cc2)c2nccs2)cc1. The molecule has 0 fully saturated rings. The minimum atomic E-state index is -0.187. The van der Waals surface area contributed by atoms with Gasteiger partial charge in [-0.3, -0.25) is 9.69 Å². The molecule has 0 aliphatic carbocycles. The molecule has 0 aliphatic heterocycles. The van der Waals surface area contributed by atoms with Crippen LogP contribution in [0.1, 0.15) is 5.56 Å². The lowest BCUT2D eigenvalue weighted by Crippen LogP contribution is -2.23. The lowest BCUT2D eigenvalue weighted by molar-refractivity contribution is -0.113. The topological polar surface area (TPSA) is 42.4 Å². The molecule has 0 aliphatic rings. The van der Waals surface area contributed by atoms with Crippen LogP contribution in [0, 0.1) is 0 Å². The number of thiazole rings is 1. The molecule has 2 aromatic carbocycles. The second kappa shape index (κ2) is 7.96. The number of nitrogens with zero attached hydrogens (tertiary/aromatic N) is 2. The summed E-state index contributed by atoms with van der Waals surface area (Å²) in [5, 5.41) is 3.05. The number of hydrogen-bond acceptors (Lipinski definition) is 4. The summed E-state index contributed by atoms with van der Waals surface area (Å²) in [5.74, 6) is 0.585. The minimum absolute atomic E-state index is 0.187. The number of benzene rings is 2. The highest BCUT2D eigenvalue weighted by Gasteiger charge is 2.18. The highest BCUT2D eigenvalue weighted by molar-refractivity contribution is 7.13. The number of hydrogen-bond donors (Lipinski definition) is 0. The Hall–Kier alpha value is -2.63. The largest absolute Gasteiger partial charge is 0.497 e. The predicted molar refractivity (Wildman–Crippen MR) is 103 cm³/mol. The van der Waals surface area contributed by atoms with Gasteiger partial charge in [0.05, 0.1) is 12.8 Å². The lowest BCUT2D eigenvalue weighted by atomic mass is 10.2. The number of ether oxygens (including phenoxy) is 1. The molecule has 0 radical (unpaired) electrons. The van der Waals surface area contributed by atoms with Crippen molar-refractivity contribution in [2.75, 3.05) is 12.0 Å². The van der Waals surface area contributed by atoms with E-state index in [9.17, 15) is 4.79 Å². The van der Waals surface area contributed by atoms with Gasteiger partial charge in [-0.05, 0) is 48.0 Å². The van der Waals surface area contributed by atoms with Crippen LogP contribution >= 0.6 is 22.9 Å². The molecule has 0 saturated carbocycles. The van der Waals surface area contributed by atoms with Gasteiger partial charge >= 0.3 is 0 Å². The molecular weight excluding hydrogens is 356 g/mol. The van der Waals surface area contributed by atoms with E-state index in [0.29, 0.717) is 15.8 Å². The van der Waals surface area contributed by atoms with Crippen molar-refractivity contribution in [1.82, 2.24) is 4.98 Å².